The third-order valence-corrected chi connectivity index (χ3v) is 5.26. The van der Waals surface area contributed by atoms with E-state index in [4.69, 9.17) is 9.47 Å². The fraction of sp³-hybridized carbons (Fsp3) is 0.318. The van der Waals surface area contributed by atoms with Crippen LogP contribution in [-0.2, 0) is 11.3 Å². The Morgan fingerprint density at radius 3 is 2.73 bits per heavy atom. The van der Waals surface area contributed by atoms with E-state index in [9.17, 15) is 14.4 Å². The number of fused-ring (bicyclic) bond motifs is 1. The largest absolute Gasteiger partial charge is 0.497 e. The van der Waals surface area contributed by atoms with Crippen molar-refractivity contribution in [3.63, 3.8) is 0 Å². The molecule has 0 aliphatic carbocycles. The number of aromatic nitrogens is 2. The van der Waals surface area contributed by atoms with E-state index in [1.807, 2.05) is 0 Å². The summed E-state index contributed by atoms with van der Waals surface area (Å²) in [6, 6.07) is 11.8. The lowest BCUT2D eigenvalue weighted by atomic mass is 10.1. The summed E-state index contributed by atoms with van der Waals surface area (Å²) in [5, 5.41) is 3.18. The molecule has 156 valence electrons. The van der Waals surface area contributed by atoms with Crippen LogP contribution in [0.3, 0.4) is 0 Å². The van der Waals surface area contributed by atoms with Gasteiger partial charge in [0.15, 0.2) is 0 Å². The summed E-state index contributed by atoms with van der Waals surface area (Å²) < 4.78 is 11.8. The minimum absolute atomic E-state index is 0.0411. The standard InChI is InChI=1S/C22H23N3O5/c1-29-16-7-4-14(5-8-16)13-25-21(27)18-9-6-15(11-19(18)24-22(25)28)20(26)23-12-17-3-2-10-30-17/h4-9,11,17H,2-3,10,12-13H2,1H3,(H,23,26)(H,24,28). The van der Waals surface area contributed by atoms with Gasteiger partial charge in [0.2, 0.25) is 0 Å². The van der Waals surface area contributed by atoms with Gasteiger partial charge in [0.25, 0.3) is 11.5 Å². The molecule has 1 saturated heterocycles. The lowest BCUT2D eigenvalue weighted by Crippen LogP contribution is -2.35. The Labute approximate surface area is 172 Å². The molecular formula is C22H23N3O5. The molecule has 1 aliphatic heterocycles. The molecule has 2 aromatic carbocycles. The number of aromatic amines is 1. The summed E-state index contributed by atoms with van der Waals surface area (Å²) >= 11 is 0. The van der Waals surface area contributed by atoms with Gasteiger partial charge in [0, 0.05) is 18.7 Å². The number of hydrogen-bond donors (Lipinski definition) is 2. The van der Waals surface area contributed by atoms with Gasteiger partial charge in [-0.2, -0.15) is 0 Å². The number of nitrogens with zero attached hydrogens (tertiary/aromatic N) is 1. The first-order valence-electron chi connectivity index (χ1n) is 9.85. The minimum atomic E-state index is -0.528. The van der Waals surface area contributed by atoms with Crippen molar-refractivity contribution in [2.24, 2.45) is 0 Å². The van der Waals surface area contributed by atoms with Gasteiger partial charge in [-0.15, -0.1) is 0 Å². The monoisotopic (exact) mass is 409 g/mol. The molecule has 3 aromatic rings. The number of ether oxygens (including phenoxy) is 2. The van der Waals surface area contributed by atoms with Crippen LogP contribution in [0.1, 0.15) is 28.8 Å². The molecule has 1 aliphatic rings. The molecule has 0 bridgehead atoms. The van der Waals surface area contributed by atoms with Crippen molar-refractivity contribution in [3.8, 4) is 5.75 Å². The first-order chi connectivity index (χ1) is 14.5. The molecule has 2 N–H and O–H groups in total. The van der Waals surface area contributed by atoms with E-state index in [2.05, 4.69) is 10.3 Å². The number of hydrogen-bond acceptors (Lipinski definition) is 5. The van der Waals surface area contributed by atoms with Crippen LogP contribution < -0.4 is 21.3 Å². The van der Waals surface area contributed by atoms with Crippen molar-refractivity contribution in [2.75, 3.05) is 20.3 Å². The molecule has 1 fully saturated rings. The summed E-state index contributed by atoms with van der Waals surface area (Å²) in [4.78, 5) is 40.5. The summed E-state index contributed by atoms with van der Waals surface area (Å²) in [7, 11) is 1.57. The number of amides is 1. The zero-order valence-electron chi connectivity index (χ0n) is 16.6. The van der Waals surface area contributed by atoms with Gasteiger partial charge in [-0.3, -0.25) is 14.2 Å². The Bertz CT molecular complexity index is 1170. The lowest BCUT2D eigenvalue weighted by molar-refractivity contribution is 0.0858. The Balaban J connectivity index is 1.57. The topological polar surface area (TPSA) is 102 Å². The van der Waals surface area contributed by atoms with E-state index in [1.165, 1.54) is 6.07 Å². The van der Waals surface area contributed by atoms with E-state index in [0.29, 0.717) is 28.8 Å². The molecule has 8 heteroatoms. The van der Waals surface area contributed by atoms with Gasteiger partial charge >= 0.3 is 5.69 Å². The van der Waals surface area contributed by atoms with Crippen molar-refractivity contribution in [2.45, 2.75) is 25.5 Å². The van der Waals surface area contributed by atoms with Crippen molar-refractivity contribution in [3.05, 3.63) is 74.4 Å². The van der Waals surface area contributed by atoms with Crippen molar-refractivity contribution < 1.29 is 14.3 Å². The molecule has 1 atom stereocenters. The van der Waals surface area contributed by atoms with E-state index < -0.39 is 11.2 Å². The molecule has 4 rings (SSSR count). The molecule has 2 heterocycles. The minimum Gasteiger partial charge on any atom is -0.497 e. The Kier molecular flexibility index (Phi) is 5.67. The maximum absolute atomic E-state index is 12.9. The Morgan fingerprint density at radius 1 is 1.23 bits per heavy atom. The molecule has 8 nitrogen and oxygen atoms in total. The maximum Gasteiger partial charge on any atom is 0.329 e. The van der Waals surface area contributed by atoms with Crippen LogP contribution in [-0.4, -0.2) is 41.8 Å². The highest BCUT2D eigenvalue weighted by Gasteiger charge is 2.17. The number of rotatable bonds is 6. The first kappa shape index (κ1) is 19.9. The quantitative estimate of drug-likeness (QED) is 0.645. The van der Waals surface area contributed by atoms with Crippen LogP contribution in [0.4, 0.5) is 0 Å². The fourth-order valence-corrected chi connectivity index (χ4v) is 3.57. The van der Waals surface area contributed by atoms with Gasteiger partial charge in [-0.05, 0) is 48.7 Å². The normalized spacial score (nSPS) is 16.0. The molecule has 1 unspecified atom stereocenters. The molecule has 0 saturated carbocycles. The third kappa shape index (κ3) is 4.13. The lowest BCUT2D eigenvalue weighted by Gasteiger charge is -2.11. The number of methoxy groups -OCH3 is 1. The highest BCUT2D eigenvalue weighted by Crippen LogP contribution is 2.14. The Hall–Kier alpha value is -3.39. The second-order valence-electron chi connectivity index (χ2n) is 7.27. The number of benzene rings is 2. The van der Waals surface area contributed by atoms with Crippen molar-refractivity contribution >= 4 is 16.8 Å². The molecule has 0 spiro atoms. The Morgan fingerprint density at radius 2 is 2.03 bits per heavy atom. The SMILES string of the molecule is COc1ccc(Cn2c(=O)[nH]c3cc(C(=O)NCC4CCCO4)ccc3c2=O)cc1. The summed E-state index contributed by atoms with van der Waals surface area (Å²) in [6.45, 7) is 1.30. The number of carbonyl (C=O) groups excluding carboxylic acids is 1. The van der Waals surface area contributed by atoms with Crippen LogP contribution in [0.2, 0.25) is 0 Å². The van der Waals surface area contributed by atoms with Crippen LogP contribution in [0, 0.1) is 0 Å². The van der Waals surface area contributed by atoms with Crippen LogP contribution in [0.15, 0.2) is 52.1 Å². The van der Waals surface area contributed by atoms with Crippen LogP contribution in [0.25, 0.3) is 10.9 Å². The van der Waals surface area contributed by atoms with Gasteiger partial charge in [-0.1, -0.05) is 12.1 Å². The van der Waals surface area contributed by atoms with Gasteiger partial charge in [0.05, 0.1) is 30.7 Å². The van der Waals surface area contributed by atoms with Crippen LogP contribution in [0.5, 0.6) is 5.75 Å². The average molecular weight is 409 g/mol. The summed E-state index contributed by atoms with van der Waals surface area (Å²) in [5.74, 6) is 0.430. The van der Waals surface area contributed by atoms with Crippen molar-refractivity contribution in [1.82, 2.24) is 14.9 Å². The van der Waals surface area contributed by atoms with Gasteiger partial charge in [-0.25, -0.2) is 4.79 Å². The number of H-pyrrole nitrogens is 1. The fourth-order valence-electron chi connectivity index (χ4n) is 3.57. The highest BCUT2D eigenvalue weighted by molar-refractivity contribution is 5.97. The third-order valence-electron chi connectivity index (χ3n) is 5.26. The van der Waals surface area contributed by atoms with E-state index in [0.717, 1.165) is 29.6 Å². The van der Waals surface area contributed by atoms with Gasteiger partial charge in [0.1, 0.15) is 5.75 Å². The summed E-state index contributed by atoms with van der Waals surface area (Å²) in [6.07, 6.45) is 1.97. The predicted octanol–water partition coefficient (Wildman–Crippen LogP) is 1.66. The summed E-state index contributed by atoms with van der Waals surface area (Å²) in [5.41, 5.74) is 0.577. The highest BCUT2D eigenvalue weighted by atomic mass is 16.5. The number of nitrogens with one attached hydrogen (secondary N) is 2. The molecule has 1 aromatic heterocycles. The first-order valence-corrected chi connectivity index (χ1v) is 9.85. The van der Waals surface area contributed by atoms with E-state index >= 15 is 0 Å². The smallest absolute Gasteiger partial charge is 0.329 e. The van der Waals surface area contributed by atoms with Crippen molar-refractivity contribution in [1.29, 1.82) is 0 Å². The molecule has 30 heavy (non-hydrogen) atoms. The number of carbonyl (C=O) groups is 1. The molecular weight excluding hydrogens is 386 g/mol. The molecule has 0 radical (unpaired) electrons. The molecule has 1 amide bonds. The van der Waals surface area contributed by atoms with E-state index in [-0.39, 0.29) is 18.6 Å². The zero-order chi connectivity index (χ0) is 21.1. The van der Waals surface area contributed by atoms with Gasteiger partial charge < -0.3 is 19.8 Å². The van der Waals surface area contributed by atoms with Crippen LogP contribution >= 0.6 is 0 Å². The van der Waals surface area contributed by atoms with E-state index in [1.54, 1.807) is 43.5 Å². The maximum atomic E-state index is 12.9. The second kappa shape index (κ2) is 8.54. The second-order valence-corrected chi connectivity index (χ2v) is 7.27. The zero-order valence-corrected chi connectivity index (χ0v) is 16.6. The average Bonchev–Trinajstić information content (AvgIpc) is 3.28. The predicted molar refractivity (Wildman–Crippen MR) is 112 cm³/mol.